The Kier molecular flexibility index (Phi) is 4.01. The van der Waals surface area contributed by atoms with Gasteiger partial charge in [0.2, 0.25) is 5.91 Å². The largest absolute Gasteiger partial charge is 0.481 e. The molecule has 0 saturated carbocycles. The lowest BCUT2D eigenvalue weighted by atomic mass is 10.0. The summed E-state index contributed by atoms with van der Waals surface area (Å²) in [4.78, 5) is 34.0. The van der Waals surface area contributed by atoms with Gasteiger partial charge in [-0.25, -0.2) is 0 Å². The van der Waals surface area contributed by atoms with Gasteiger partial charge in [0, 0.05) is 11.1 Å². The number of ether oxygens (including phenoxy) is 1. The Morgan fingerprint density at radius 1 is 1.58 bits per heavy atom. The highest BCUT2D eigenvalue weighted by Crippen LogP contribution is 2.13. The average Bonchev–Trinajstić information content (AvgIpc) is 2.91. The molecule has 1 aromatic heterocycles. The molecule has 0 bridgehead atoms. The molecule has 1 aromatic rings. The van der Waals surface area contributed by atoms with Crippen molar-refractivity contribution in [2.24, 2.45) is 5.92 Å². The van der Waals surface area contributed by atoms with Crippen LogP contribution >= 0.6 is 11.3 Å². The van der Waals surface area contributed by atoms with Crippen LogP contribution in [0.5, 0.6) is 0 Å². The van der Waals surface area contributed by atoms with Crippen molar-refractivity contribution in [3.63, 3.8) is 0 Å². The van der Waals surface area contributed by atoms with Crippen molar-refractivity contribution in [3.8, 4) is 0 Å². The Balaban J connectivity index is 1.98. The summed E-state index contributed by atoms with van der Waals surface area (Å²) in [7, 11) is 0. The molecule has 0 radical (unpaired) electrons. The lowest BCUT2D eigenvalue weighted by Crippen LogP contribution is -2.44. The summed E-state index contributed by atoms with van der Waals surface area (Å²) in [6.45, 7) is 1.92. The zero-order chi connectivity index (χ0) is 14.0. The van der Waals surface area contributed by atoms with Gasteiger partial charge in [0.05, 0.1) is 19.3 Å². The number of carbonyl (C=O) groups is 2. The lowest BCUT2D eigenvalue weighted by molar-refractivity contribution is -0.142. The van der Waals surface area contributed by atoms with Crippen LogP contribution in [0, 0.1) is 12.8 Å². The number of carboxylic acids is 1. The molecule has 19 heavy (non-hydrogen) atoms. The van der Waals surface area contributed by atoms with Crippen molar-refractivity contribution in [1.29, 1.82) is 0 Å². The smallest absolute Gasteiger partial charge is 0.311 e. The Bertz CT molecular complexity index is 550. The maximum absolute atomic E-state index is 11.8. The molecular weight excluding hydrogens is 272 g/mol. The van der Waals surface area contributed by atoms with Crippen molar-refractivity contribution >= 4 is 23.2 Å². The molecule has 104 valence electrons. The molecule has 1 aliphatic rings. The first-order chi connectivity index (χ1) is 8.99. The van der Waals surface area contributed by atoms with E-state index >= 15 is 0 Å². The fourth-order valence-corrected chi connectivity index (χ4v) is 2.67. The zero-order valence-electron chi connectivity index (χ0n) is 10.3. The first kappa shape index (κ1) is 13.8. The van der Waals surface area contributed by atoms with Crippen LogP contribution in [0.3, 0.4) is 0 Å². The number of aliphatic carboxylic acids is 1. The Morgan fingerprint density at radius 3 is 2.89 bits per heavy atom. The highest BCUT2D eigenvalue weighted by atomic mass is 32.1. The number of thiazole rings is 1. The lowest BCUT2D eigenvalue weighted by Gasteiger charge is -2.15. The average molecular weight is 286 g/mol. The summed E-state index contributed by atoms with van der Waals surface area (Å²) >= 11 is 1.03. The van der Waals surface area contributed by atoms with Gasteiger partial charge in [-0.3, -0.25) is 19.0 Å². The van der Waals surface area contributed by atoms with E-state index in [1.807, 2.05) is 0 Å². The van der Waals surface area contributed by atoms with Gasteiger partial charge in [-0.2, -0.15) is 0 Å². The molecule has 7 nitrogen and oxygen atoms in total. The monoisotopic (exact) mass is 286 g/mol. The van der Waals surface area contributed by atoms with E-state index in [0.717, 1.165) is 11.3 Å². The third-order valence-electron chi connectivity index (χ3n) is 3.02. The fraction of sp³-hybridized carbons (Fsp3) is 0.545. The quantitative estimate of drug-likeness (QED) is 0.773. The van der Waals surface area contributed by atoms with Gasteiger partial charge in [-0.15, -0.1) is 0 Å². The minimum absolute atomic E-state index is 0.0949. The molecule has 0 aliphatic carbocycles. The summed E-state index contributed by atoms with van der Waals surface area (Å²) in [5.74, 6) is -2.11. The van der Waals surface area contributed by atoms with Crippen molar-refractivity contribution in [2.75, 3.05) is 13.2 Å². The summed E-state index contributed by atoms with van der Waals surface area (Å²) < 4.78 is 6.41. The molecule has 0 spiro atoms. The first-order valence-electron chi connectivity index (χ1n) is 5.74. The van der Waals surface area contributed by atoms with Crippen LogP contribution in [0.25, 0.3) is 0 Å². The number of hydrogen-bond donors (Lipinski definition) is 2. The van der Waals surface area contributed by atoms with Crippen molar-refractivity contribution in [2.45, 2.75) is 19.5 Å². The highest BCUT2D eigenvalue weighted by molar-refractivity contribution is 7.07. The predicted molar refractivity (Wildman–Crippen MR) is 67.2 cm³/mol. The number of amides is 1. The van der Waals surface area contributed by atoms with E-state index in [1.165, 1.54) is 4.57 Å². The van der Waals surface area contributed by atoms with E-state index in [4.69, 9.17) is 9.84 Å². The van der Waals surface area contributed by atoms with E-state index in [1.54, 1.807) is 12.3 Å². The van der Waals surface area contributed by atoms with Crippen molar-refractivity contribution < 1.29 is 19.4 Å². The normalized spacial score (nSPS) is 22.4. The number of aromatic nitrogens is 1. The Hall–Kier alpha value is -1.67. The van der Waals surface area contributed by atoms with Crippen molar-refractivity contribution in [3.05, 3.63) is 20.7 Å². The van der Waals surface area contributed by atoms with E-state index in [0.29, 0.717) is 5.69 Å². The van der Waals surface area contributed by atoms with Crippen LogP contribution in [-0.2, 0) is 20.9 Å². The van der Waals surface area contributed by atoms with Crippen LogP contribution in [0.4, 0.5) is 0 Å². The van der Waals surface area contributed by atoms with Crippen molar-refractivity contribution in [1.82, 2.24) is 9.88 Å². The second kappa shape index (κ2) is 5.54. The SMILES string of the molecule is Cc1csc(=O)n1CC(=O)NC1COCC1C(=O)O. The van der Waals surface area contributed by atoms with Gasteiger partial charge in [0.1, 0.15) is 12.5 Å². The maximum Gasteiger partial charge on any atom is 0.311 e. The fourth-order valence-electron chi connectivity index (χ4n) is 1.93. The van der Waals surface area contributed by atoms with Crippen LogP contribution in [0.1, 0.15) is 5.69 Å². The first-order valence-corrected chi connectivity index (χ1v) is 6.62. The Morgan fingerprint density at radius 2 is 2.32 bits per heavy atom. The number of aryl methyl sites for hydroxylation is 1. The minimum Gasteiger partial charge on any atom is -0.481 e. The number of carbonyl (C=O) groups excluding carboxylic acids is 1. The molecule has 2 heterocycles. The van der Waals surface area contributed by atoms with Gasteiger partial charge in [0.15, 0.2) is 0 Å². The van der Waals surface area contributed by atoms with Gasteiger partial charge < -0.3 is 15.2 Å². The standard InChI is InChI=1S/C11H14N2O5S/c1-6-5-19-11(17)13(6)2-9(14)12-8-4-18-3-7(8)10(15)16/h5,7-8H,2-4H2,1H3,(H,12,14)(H,15,16). The van der Waals surface area contributed by atoms with Gasteiger partial charge >= 0.3 is 10.8 Å². The van der Waals surface area contributed by atoms with Crippen LogP contribution in [0.2, 0.25) is 0 Å². The molecule has 1 amide bonds. The number of hydrogen-bond acceptors (Lipinski definition) is 5. The third-order valence-corrected chi connectivity index (χ3v) is 3.90. The van der Waals surface area contributed by atoms with Crippen LogP contribution in [-0.4, -0.2) is 40.8 Å². The van der Waals surface area contributed by atoms with E-state index < -0.39 is 17.9 Å². The van der Waals surface area contributed by atoms with Crippen LogP contribution in [0.15, 0.2) is 10.2 Å². The molecule has 8 heteroatoms. The number of carboxylic acid groups (broad SMARTS) is 1. The number of nitrogens with one attached hydrogen (secondary N) is 1. The second-order valence-electron chi connectivity index (χ2n) is 4.39. The van der Waals surface area contributed by atoms with E-state index in [2.05, 4.69) is 5.32 Å². The molecule has 2 unspecified atom stereocenters. The maximum atomic E-state index is 11.8. The summed E-state index contributed by atoms with van der Waals surface area (Å²) in [6.07, 6.45) is 0. The molecule has 0 aromatic carbocycles. The molecular formula is C11H14N2O5S. The minimum atomic E-state index is -0.994. The summed E-state index contributed by atoms with van der Waals surface area (Å²) in [5.41, 5.74) is 0.711. The Labute approximate surface area is 112 Å². The van der Waals surface area contributed by atoms with Gasteiger partial charge in [-0.1, -0.05) is 11.3 Å². The molecule has 1 aliphatic heterocycles. The second-order valence-corrected chi connectivity index (χ2v) is 5.21. The molecule has 2 rings (SSSR count). The topological polar surface area (TPSA) is 97.6 Å². The summed E-state index contributed by atoms with van der Waals surface area (Å²) in [6, 6.07) is -0.542. The predicted octanol–water partition coefficient (Wildman–Crippen LogP) is -0.566. The summed E-state index contributed by atoms with van der Waals surface area (Å²) in [5, 5.41) is 13.2. The molecule has 2 N–H and O–H groups in total. The molecule has 1 fully saturated rings. The number of nitrogens with zero attached hydrogens (tertiary/aromatic N) is 1. The molecule has 1 saturated heterocycles. The molecule has 2 atom stereocenters. The zero-order valence-corrected chi connectivity index (χ0v) is 11.1. The number of rotatable bonds is 4. The van der Waals surface area contributed by atoms with E-state index in [-0.39, 0.29) is 30.5 Å². The van der Waals surface area contributed by atoms with Gasteiger partial charge in [-0.05, 0) is 6.92 Å². The van der Waals surface area contributed by atoms with Gasteiger partial charge in [0.25, 0.3) is 0 Å². The third kappa shape index (κ3) is 3.02. The van der Waals surface area contributed by atoms with Crippen LogP contribution < -0.4 is 10.2 Å². The highest BCUT2D eigenvalue weighted by Gasteiger charge is 2.35. The van der Waals surface area contributed by atoms with E-state index in [9.17, 15) is 14.4 Å².